The van der Waals surface area contributed by atoms with E-state index in [-0.39, 0.29) is 5.91 Å². The van der Waals surface area contributed by atoms with Gasteiger partial charge >= 0.3 is 0 Å². The van der Waals surface area contributed by atoms with Gasteiger partial charge in [0.15, 0.2) is 0 Å². The average molecular weight is 271 g/mol. The van der Waals surface area contributed by atoms with Crippen LogP contribution in [0.5, 0.6) is 0 Å². The molecule has 0 N–H and O–H groups in total. The fraction of sp³-hybridized carbons (Fsp3) is 0.538. The molecule has 0 aliphatic carbocycles. The van der Waals surface area contributed by atoms with E-state index in [9.17, 15) is 4.79 Å². The molecular weight excluding hydrogens is 252 g/mol. The lowest BCUT2D eigenvalue weighted by molar-refractivity contribution is 0.0669. The molecule has 0 spiro atoms. The summed E-state index contributed by atoms with van der Waals surface area (Å²) in [6.45, 7) is 8.13. The molecule has 0 aliphatic heterocycles. The number of aromatic nitrogens is 1. The Morgan fingerprint density at radius 1 is 1.44 bits per heavy atom. The highest BCUT2D eigenvalue weighted by Crippen LogP contribution is 2.12. The van der Waals surface area contributed by atoms with Gasteiger partial charge in [-0.15, -0.1) is 0 Å². The Morgan fingerprint density at radius 3 is 2.72 bits per heavy atom. The van der Waals surface area contributed by atoms with Gasteiger partial charge in [0.05, 0.1) is 6.61 Å². The molecule has 5 heteroatoms. The topological polar surface area (TPSA) is 42.4 Å². The van der Waals surface area contributed by atoms with Crippen molar-refractivity contribution >= 4 is 17.5 Å². The lowest BCUT2D eigenvalue weighted by atomic mass is 10.2. The zero-order valence-corrected chi connectivity index (χ0v) is 11.8. The van der Waals surface area contributed by atoms with Gasteiger partial charge in [0.25, 0.3) is 5.91 Å². The van der Waals surface area contributed by atoms with Crippen LogP contribution in [-0.2, 0) is 4.74 Å². The number of hydrogen-bond acceptors (Lipinski definition) is 3. The number of carbonyl (C=O) groups excluding carboxylic acids is 1. The zero-order valence-electron chi connectivity index (χ0n) is 11.1. The second-order valence-electron chi connectivity index (χ2n) is 3.90. The van der Waals surface area contributed by atoms with Crippen LogP contribution >= 0.6 is 11.6 Å². The van der Waals surface area contributed by atoms with Crippen LogP contribution in [0, 0.1) is 6.92 Å². The molecule has 1 amide bonds. The first-order valence-corrected chi connectivity index (χ1v) is 6.47. The number of ether oxygens (including phenoxy) is 1. The molecule has 1 heterocycles. The van der Waals surface area contributed by atoms with Gasteiger partial charge in [-0.05, 0) is 32.9 Å². The third kappa shape index (κ3) is 4.27. The molecule has 0 aliphatic rings. The fourth-order valence-corrected chi connectivity index (χ4v) is 1.91. The number of aryl methyl sites for hydroxylation is 1. The summed E-state index contributed by atoms with van der Waals surface area (Å²) in [5.74, 6) is -0.0374. The monoisotopic (exact) mass is 270 g/mol. The quantitative estimate of drug-likeness (QED) is 0.589. The normalized spacial score (nSPS) is 10.4. The summed E-state index contributed by atoms with van der Waals surface area (Å²) in [5, 5.41) is 0.346. The summed E-state index contributed by atoms with van der Waals surface area (Å²) in [6, 6.07) is 3.35. The summed E-state index contributed by atoms with van der Waals surface area (Å²) in [5.41, 5.74) is 1.32. The Morgan fingerprint density at radius 2 is 2.17 bits per heavy atom. The number of halogens is 1. The minimum absolute atomic E-state index is 0.0374. The predicted octanol–water partition coefficient (Wildman–Crippen LogP) is 2.54. The van der Waals surface area contributed by atoms with Crippen LogP contribution in [0.1, 0.15) is 29.9 Å². The highest BCUT2D eigenvalue weighted by molar-refractivity contribution is 6.29. The SMILES string of the molecule is CCOCCN(CC)C(=O)c1cc(C)nc(Cl)c1. The summed E-state index contributed by atoms with van der Waals surface area (Å²) >= 11 is 5.86. The molecule has 1 aromatic heterocycles. The average Bonchev–Trinajstić information content (AvgIpc) is 2.33. The Hall–Kier alpha value is -1.13. The Bertz CT molecular complexity index is 390. The van der Waals surface area contributed by atoms with Crippen molar-refractivity contribution in [3.63, 3.8) is 0 Å². The van der Waals surface area contributed by atoms with Crippen LogP contribution in [0.4, 0.5) is 0 Å². The number of pyridine rings is 1. The van der Waals surface area contributed by atoms with Crippen molar-refractivity contribution in [2.24, 2.45) is 0 Å². The maximum Gasteiger partial charge on any atom is 0.254 e. The predicted molar refractivity (Wildman–Crippen MR) is 72.1 cm³/mol. The molecule has 0 bridgehead atoms. The molecule has 18 heavy (non-hydrogen) atoms. The largest absolute Gasteiger partial charge is 0.380 e. The van der Waals surface area contributed by atoms with Gasteiger partial charge in [-0.3, -0.25) is 4.79 Å². The second-order valence-corrected chi connectivity index (χ2v) is 4.29. The minimum Gasteiger partial charge on any atom is -0.380 e. The smallest absolute Gasteiger partial charge is 0.254 e. The van der Waals surface area contributed by atoms with Gasteiger partial charge in [-0.1, -0.05) is 11.6 Å². The van der Waals surface area contributed by atoms with Gasteiger partial charge in [0, 0.05) is 31.0 Å². The molecule has 1 aromatic rings. The van der Waals surface area contributed by atoms with E-state index in [4.69, 9.17) is 16.3 Å². The van der Waals surface area contributed by atoms with Gasteiger partial charge in [-0.25, -0.2) is 4.98 Å². The van der Waals surface area contributed by atoms with Crippen LogP contribution in [-0.4, -0.2) is 42.1 Å². The van der Waals surface area contributed by atoms with Crippen molar-refractivity contribution in [2.45, 2.75) is 20.8 Å². The van der Waals surface area contributed by atoms with E-state index in [1.165, 1.54) is 0 Å². The number of nitrogens with zero attached hydrogens (tertiary/aromatic N) is 2. The highest BCUT2D eigenvalue weighted by Gasteiger charge is 2.15. The van der Waals surface area contributed by atoms with E-state index < -0.39 is 0 Å². The first-order valence-electron chi connectivity index (χ1n) is 6.09. The molecule has 1 rings (SSSR count). The standard InChI is InChI=1S/C13H19ClN2O2/c1-4-16(6-7-18-5-2)13(17)11-8-10(3)15-12(14)9-11/h8-9H,4-7H2,1-3H3. The van der Waals surface area contributed by atoms with Crippen LogP contribution in [0.15, 0.2) is 12.1 Å². The molecule has 4 nitrogen and oxygen atoms in total. The molecular formula is C13H19ClN2O2. The van der Waals surface area contributed by atoms with E-state index in [0.717, 1.165) is 5.69 Å². The number of hydrogen-bond donors (Lipinski definition) is 0. The summed E-state index contributed by atoms with van der Waals surface area (Å²) in [4.78, 5) is 18.0. The summed E-state index contributed by atoms with van der Waals surface area (Å²) in [7, 11) is 0. The van der Waals surface area contributed by atoms with E-state index >= 15 is 0 Å². The fourth-order valence-electron chi connectivity index (χ4n) is 1.66. The maximum atomic E-state index is 12.3. The van der Waals surface area contributed by atoms with Gasteiger partial charge in [0.2, 0.25) is 0 Å². The van der Waals surface area contributed by atoms with Gasteiger partial charge in [0.1, 0.15) is 5.15 Å². The van der Waals surface area contributed by atoms with Crippen molar-refractivity contribution in [1.82, 2.24) is 9.88 Å². The molecule has 0 saturated heterocycles. The van der Waals surface area contributed by atoms with E-state index in [1.807, 2.05) is 20.8 Å². The lowest BCUT2D eigenvalue weighted by Gasteiger charge is -2.21. The van der Waals surface area contributed by atoms with Crippen LogP contribution in [0.25, 0.3) is 0 Å². The van der Waals surface area contributed by atoms with Gasteiger partial charge in [-0.2, -0.15) is 0 Å². The third-order valence-corrected chi connectivity index (χ3v) is 2.74. The van der Waals surface area contributed by atoms with Crippen LogP contribution < -0.4 is 0 Å². The molecule has 0 unspecified atom stereocenters. The van der Waals surface area contributed by atoms with Crippen LogP contribution in [0.2, 0.25) is 5.15 Å². The molecule has 0 aromatic carbocycles. The van der Waals surface area contributed by atoms with E-state index in [0.29, 0.717) is 37.0 Å². The van der Waals surface area contributed by atoms with E-state index in [2.05, 4.69) is 4.98 Å². The number of carbonyl (C=O) groups is 1. The Labute approximate surface area is 113 Å². The second kappa shape index (κ2) is 7.34. The Balaban J connectivity index is 2.76. The van der Waals surface area contributed by atoms with Crippen molar-refractivity contribution in [2.75, 3.05) is 26.3 Å². The molecule has 0 radical (unpaired) electrons. The molecule has 0 fully saturated rings. The maximum absolute atomic E-state index is 12.3. The number of likely N-dealkylation sites (N-methyl/N-ethyl adjacent to an activating group) is 1. The van der Waals surface area contributed by atoms with Crippen molar-refractivity contribution in [3.05, 3.63) is 28.5 Å². The summed E-state index contributed by atoms with van der Waals surface area (Å²) in [6.07, 6.45) is 0. The van der Waals surface area contributed by atoms with Crippen molar-refractivity contribution < 1.29 is 9.53 Å². The third-order valence-electron chi connectivity index (χ3n) is 2.55. The highest BCUT2D eigenvalue weighted by atomic mass is 35.5. The first kappa shape index (κ1) is 14.9. The molecule has 0 saturated carbocycles. The van der Waals surface area contributed by atoms with Gasteiger partial charge < -0.3 is 9.64 Å². The van der Waals surface area contributed by atoms with E-state index in [1.54, 1.807) is 17.0 Å². The number of rotatable bonds is 6. The van der Waals surface area contributed by atoms with Crippen molar-refractivity contribution in [1.29, 1.82) is 0 Å². The molecule has 100 valence electrons. The minimum atomic E-state index is -0.0374. The van der Waals surface area contributed by atoms with Crippen LogP contribution in [0.3, 0.4) is 0 Å². The zero-order chi connectivity index (χ0) is 13.5. The van der Waals surface area contributed by atoms with Crippen molar-refractivity contribution in [3.8, 4) is 0 Å². The first-order chi connectivity index (χ1) is 8.58. The number of amides is 1. The summed E-state index contributed by atoms with van der Waals surface area (Å²) < 4.78 is 5.27. The lowest BCUT2D eigenvalue weighted by Crippen LogP contribution is -2.34. The molecule has 0 atom stereocenters. The Kier molecular flexibility index (Phi) is 6.09.